The van der Waals surface area contributed by atoms with Crippen molar-refractivity contribution in [1.29, 1.82) is 0 Å². The molecule has 0 heterocycles. The van der Waals surface area contributed by atoms with E-state index in [4.69, 9.17) is 10.2 Å². The summed E-state index contributed by atoms with van der Waals surface area (Å²) in [5, 5.41) is 16.9. The van der Waals surface area contributed by atoms with Crippen LogP contribution in [0.25, 0.3) is 0 Å². The first-order valence-corrected chi connectivity index (χ1v) is 2.61. The summed E-state index contributed by atoms with van der Waals surface area (Å²) in [6.45, 7) is 3.33. The predicted molar refractivity (Wildman–Crippen MR) is 33.3 cm³/mol. The molecule has 0 aromatic carbocycles. The highest BCUT2D eigenvalue weighted by atomic mass is 16.4. The van der Waals surface area contributed by atoms with Gasteiger partial charge >= 0.3 is 5.97 Å². The van der Waals surface area contributed by atoms with Crippen molar-refractivity contribution >= 4 is 5.97 Å². The van der Waals surface area contributed by atoms with Crippen LogP contribution in [0.2, 0.25) is 0 Å². The van der Waals surface area contributed by atoms with Crippen LogP contribution in [-0.2, 0) is 4.79 Å². The molecule has 0 fully saturated rings. The third kappa shape index (κ3) is 3.58. The molecule has 0 aliphatic carbocycles. The molecule has 0 bridgehead atoms. The summed E-state index contributed by atoms with van der Waals surface area (Å²) in [6.07, 6.45) is -0.275. The molecule has 0 radical (unpaired) electrons. The lowest BCUT2D eigenvalue weighted by molar-refractivity contribution is -0.136. The van der Waals surface area contributed by atoms with E-state index in [0.29, 0.717) is 5.57 Å². The van der Waals surface area contributed by atoms with Crippen molar-refractivity contribution in [2.45, 2.75) is 20.3 Å². The van der Waals surface area contributed by atoms with E-state index < -0.39 is 5.97 Å². The fourth-order valence-corrected chi connectivity index (χ4v) is 0.320. The Morgan fingerprint density at radius 1 is 1.33 bits per heavy atom. The lowest BCUT2D eigenvalue weighted by atomic mass is 10.2. The van der Waals surface area contributed by atoms with E-state index in [0.717, 1.165) is 0 Å². The summed E-state index contributed by atoms with van der Waals surface area (Å²) in [7, 11) is 0. The largest absolute Gasteiger partial charge is 0.512 e. The molecule has 3 heteroatoms. The SMILES string of the molecule is CC(C)=C(O)CC(=O)O. The average molecular weight is 130 g/mol. The molecule has 0 spiro atoms. The second-order valence-electron chi connectivity index (χ2n) is 2.02. The first-order chi connectivity index (χ1) is 4.04. The number of aliphatic hydroxyl groups is 1. The Hall–Kier alpha value is -0.990. The molecule has 0 unspecified atom stereocenters. The fourth-order valence-electron chi connectivity index (χ4n) is 0.320. The first kappa shape index (κ1) is 8.01. The molecule has 52 valence electrons. The summed E-state index contributed by atoms with van der Waals surface area (Å²) >= 11 is 0. The van der Waals surface area contributed by atoms with Gasteiger partial charge in [0, 0.05) is 0 Å². The zero-order valence-corrected chi connectivity index (χ0v) is 5.51. The lowest BCUT2D eigenvalue weighted by Gasteiger charge is -1.95. The molecule has 2 N–H and O–H groups in total. The van der Waals surface area contributed by atoms with Gasteiger partial charge in [0.1, 0.15) is 12.2 Å². The van der Waals surface area contributed by atoms with Crippen LogP contribution in [0.15, 0.2) is 11.3 Å². The molecular weight excluding hydrogens is 120 g/mol. The maximum atomic E-state index is 9.92. The first-order valence-electron chi connectivity index (χ1n) is 2.61. The standard InChI is InChI=1S/C6H10O3/c1-4(2)5(7)3-6(8)9/h7H,3H2,1-2H3,(H,8,9). The van der Waals surface area contributed by atoms with E-state index in [-0.39, 0.29) is 12.2 Å². The number of aliphatic hydroxyl groups excluding tert-OH is 1. The minimum absolute atomic E-state index is 0.0532. The highest BCUT2D eigenvalue weighted by Crippen LogP contribution is 2.02. The molecule has 0 aromatic rings. The maximum absolute atomic E-state index is 9.92. The second kappa shape index (κ2) is 3.12. The van der Waals surface area contributed by atoms with Crippen LogP contribution in [0.1, 0.15) is 20.3 Å². The Balaban J connectivity index is 3.92. The Morgan fingerprint density at radius 3 is 1.89 bits per heavy atom. The van der Waals surface area contributed by atoms with E-state index >= 15 is 0 Å². The molecule has 3 nitrogen and oxygen atoms in total. The Kier molecular flexibility index (Phi) is 2.78. The monoisotopic (exact) mass is 130 g/mol. The summed E-state index contributed by atoms with van der Waals surface area (Å²) in [5.74, 6) is -1.06. The van der Waals surface area contributed by atoms with Gasteiger partial charge in [0.25, 0.3) is 0 Å². The van der Waals surface area contributed by atoms with E-state index in [1.54, 1.807) is 13.8 Å². The molecule has 0 aromatic heterocycles. The summed E-state index contributed by atoms with van der Waals surface area (Å²) in [4.78, 5) is 9.92. The van der Waals surface area contributed by atoms with Crippen LogP contribution in [0.3, 0.4) is 0 Å². The van der Waals surface area contributed by atoms with Crippen LogP contribution in [0.4, 0.5) is 0 Å². The summed E-state index contributed by atoms with van der Waals surface area (Å²) in [5.41, 5.74) is 0.650. The van der Waals surface area contributed by atoms with Crippen LogP contribution < -0.4 is 0 Å². The van der Waals surface area contributed by atoms with E-state index in [2.05, 4.69) is 0 Å². The normalized spacial score (nSPS) is 8.67. The Bertz CT molecular complexity index is 142. The zero-order valence-electron chi connectivity index (χ0n) is 5.51. The Morgan fingerprint density at radius 2 is 1.78 bits per heavy atom. The number of allylic oxidation sites excluding steroid dienone is 1. The summed E-state index contributed by atoms with van der Waals surface area (Å²) < 4.78 is 0. The molecule has 0 rings (SSSR count). The van der Waals surface area contributed by atoms with Gasteiger partial charge in [0.15, 0.2) is 0 Å². The van der Waals surface area contributed by atoms with Crippen LogP contribution in [-0.4, -0.2) is 16.2 Å². The molecule has 0 saturated carbocycles. The second-order valence-corrected chi connectivity index (χ2v) is 2.02. The quantitative estimate of drug-likeness (QED) is 0.554. The van der Waals surface area contributed by atoms with Crippen molar-refractivity contribution in [1.82, 2.24) is 0 Å². The number of hydrogen-bond acceptors (Lipinski definition) is 2. The maximum Gasteiger partial charge on any atom is 0.311 e. The third-order valence-corrected chi connectivity index (χ3v) is 0.896. The van der Waals surface area contributed by atoms with Gasteiger partial charge in [-0.25, -0.2) is 0 Å². The van der Waals surface area contributed by atoms with E-state index in [1.807, 2.05) is 0 Å². The smallest absolute Gasteiger partial charge is 0.311 e. The van der Waals surface area contributed by atoms with Crippen molar-refractivity contribution in [2.75, 3.05) is 0 Å². The number of carboxylic acids is 1. The molecule has 9 heavy (non-hydrogen) atoms. The highest BCUT2D eigenvalue weighted by Gasteiger charge is 2.01. The zero-order chi connectivity index (χ0) is 7.44. The van der Waals surface area contributed by atoms with Crippen molar-refractivity contribution in [3.63, 3.8) is 0 Å². The van der Waals surface area contributed by atoms with Gasteiger partial charge in [-0.15, -0.1) is 0 Å². The molecule has 0 atom stereocenters. The molecular formula is C6H10O3. The van der Waals surface area contributed by atoms with Crippen LogP contribution in [0.5, 0.6) is 0 Å². The molecule has 0 aliphatic heterocycles. The highest BCUT2D eigenvalue weighted by molar-refractivity contribution is 5.69. The molecule has 0 amide bonds. The third-order valence-electron chi connectivity index (χ3n) is 0.896. The van der Waals surface area contributed by atoms with Gasteiger partial charge in [-0.2, -0.15) is 0 Å². The molecule has 0 saturated heterocycles. The van der Waals surface area contributed by atoms with Gasteiger partial charge < -0.3 is 10.2 Å². The van der Waals surface area contributed by atoms with Gasteiger partial charge in [-0.3, -0.25) is 4.79 Å². The van der Waals surface area contributed by atoms with Gasteiger partial charge in [0.05, 0.1) is 0 Å². The average Bonchev–Trinajstić information content (AvgIpc) is 1.63. The van der Waals surface area contributed by atoms with Crippen LogP contribution >= 0.6 is 0 Å². The summed E-state index contributed by atoms with van der Waals surface area (Å²) in [6, 6.07) is 0. The van der Waals surface area contributed by atoms with Crippen molar-refractivity contribution in [3.8, 4) is 0 Å². The molecule has 0 aliphatic rings. The van der Waals surface area contributed by atoms with Crippen LogP contribution in [0, 0.1) is 0 Å². The number of aliphatic carboxylic acids is 1. The van der Waals surface area contributed by atoms with E-state index in [1.165, 1.54) is 0 Å². The Labute approximate surface area is 53.6 Å². The van der Waals surface area contributed by atoms with E-state index in [9.17, 15) is 4.79 Å². The van der Waals surface area contributed by atoms with Gasteiger partial charge in [-0.05, 0) is 19.4 Å². The van der Waals surface area contributed by atoms with Crippen molar-refractivity contribution in [2.24, 2.45) is 0 Å². The topological polar surface area (TPSA) is 57.5 Å². The van der Waals surface area contributed by atoms with Crippen molar-refractivity contribution < 1.29 is 15.0 Å². The van der Waals surface area contributed by atoms with Crippen molar-refractivity contribution in [3.05, 3.63) is 11.3 Å². The lowest BCUT2D eigenvalue weighted by Crippen LogP contribution is -1.97. The van der Waals surface area contributed by atoms with Gasteiger partial charge in [-0.1, -0.05) is 0 Å². The van der Waals surface area contributed by atoms with Gasteiger partial charge in [0.2, 0.25) is 0 Å². The number of rotatable bonds is 2. The predicted octanol–water partition coefficient (Wildman–Crippen LogP) is 1.31. The minimum atomic E-state index is -1.01. The number of hydrogen-bond donors (Lipinski definition) is 2. The number of carbonyl (C=O) groups is 1. The number of carboxylic acid groups (broad SMARTS) is 1. The fraction of sp³-hybridized carbons (Fsp3) is 0.500. The minimum Gasteiger partial charge on any atom is -0.512 e.